The molecule has 0 aliphatic heterocycles. The Labute approximate surface area is 112 Å². The van der Waals surface area contributed by atoms with Crippen molar-refractivity contribution < 1.29 is 14.7 Å². The predicted molar refractivity (Wildman–Crippen MR) is 70.1 cm³/mol. The molecule has 1 rings (SSSR count). The fraction of sp³-hybridized carbons (Fsp3) is 0.357. The average molecular weight is 260 g/mol. The second kappa shape index (κ2) is 6.01. The number of nitrogens with zero attached hydrogens (tertiary/aromatic N) is 2. The lowest BCUT2D eigenvalue weighted by atomic mass is 9.96. The molecule has 1 amide bonds. The molecule has 1 aromatic carbocycles. The molecule has 1 N–H and O–H groups in total. The highest BCUT2D eigenvalue weighted by Gasteiger charge is 2.23. The molecule has 0 spiro atoms. The lowest BCUT2D eigenvalue weighted by molar-refractivity contribution is 0.0680. The van der Waals surface area contributed by atoms with Gasteiger partial charge in [0.2, 0.25) is 0 Å². The molecular weight excluding hydrogens is 244 g/mol. The van der Waals surface area contributed by atoms with Gasteiger partial charge in [-0.1, -0.05) is 12.1 Å². The van der Waals surface area contributed by atoms with Crippen molar-refractivity contribution in [1.82, 2.24) is 4.90 Å². The van der Waals surface area contributed by atoms with Gasteiger partial charge in [0.05, 0.1) is 23.6 Å². The smallest absolute Gasteiger partial charge is 0.336 e. The zero-order chi connectivity index (χ0) is 14.6. The van der Waals surface area contributed by atoms with Crippen molar-refractivity contribution in [3.8, 4) is 6.07 Å². The Morgan fingerprint density at radius 2 is 1.79 bits per heavy atom. The molecule has 0 saturated heterocycles. The van der Waals surface area contributed by atoms with E-state index in [0.717, 1.165) is 0 Å². The van der Waals surface area contributed by atoms with Crippen molar-refractivity contribution in [1.29, 1.82) is 5.26 Å². The van der Waals surface area contributed by atoms with Crippen molar-refractivity contribution >= 4 is 11.9 Å². The van der Waals surface area contributed by atoms with Crippen molar-refractivity contribution in [2.45, 2.75) is 20.3 Å². The van der Waals surface area contributed by atoms with Gasteiger partial charge in [0.1, 0.15) is 0 Å². The first-order chi connectivity index (χ1) is 8.90. The minimum Gasteiger partial charge on any atom is -0.478 e. The van der Waals surface area contributed by atoms with Crippen LogP contribution in [0.15, 0.2) is 12.1 Å². The van der Waals surface area contributed by atoms with Crippen LogP contribution >= 0.6 is 0 Å². The first-order valence-corrected chi connectivity index (χ1v) is 5.86. The van der Waals surface area contributed by atoms with E-state index < -0.39 is 5.97 Å². The van der Waals surface area contributed by atoms with Crippen LogP contribution in [0.1, 0.15) is 38.3 Å². The van der Waals surface area contributed by atoms with E-state index in [2.05, 4.69) is 0 Å². The Morgan fingerprint density at radius 3 is 2.26 bits per heavy atom. The molecule has 0 aromatic heterocycles. The summed E-state index contributed by atoms with van der Waals surface area (Å²) in [5.41, 5.74) is 1.41. The van der Waals surface area contributed by atoms with Crippen LogP contribution in [-0.2, 0) is 0 Å². The van der Waals surface area contributed by atoms with Gasteiger partial charge in [0.15, 0.2) is 0 Å². The number of carboxylic acids is 1. The van der Waals surface area contributed by atoms with Crippen molar-refractivity contribution in [2.75, 3.05) is 13.6 Å². The summed E-state index contributed by atoms with van der Waals surface area (Å²) in [6.45, 7) is 3.65. The lowest BCUT2D eigenvalue weighted by Gasteiger charge is -2.19. The zero-order valence-corrected chi connectivity index (χ0v) is 11.2. The molecule has 5 heteroatoms. The molecule has 100 valence electrons. The van der Waals surface area contributed by atoms with E-state index in [0.29, 0.717) is 11.1 Å². The Kier molecular flexibility index (Phi) is 4.65. The maximum atomic E-state index is 12.3. The third-order valence-electron chi connectivity index (χ3n) is 2.96. The topological polar surface area (TPSA) is 81.4 Å². The van der Waals surface area contributed by atoms with Gasteiger partial charge >= 0.3 is 5.97 Å². The molecule has 0 saturated carbocycles. The summed E-state index contributed by atoms with van der Waals surface area (Å²) in [5, 5.41) is 17.8. The van der Waals surface area contributed by atoms with Crippen LogP contribution in [0.3, 0.4) is 0 Å². The average Bonchev–Trinajstić information content (AvgIpc) is 2.36. The summed E-state index contributed by atoms with van der Waals surface area (Å²) in [4.78, 5) is 25.0. The monoisotopic (exact) mass is 260 g/mol. The lowest BCUT2D eigenvalue weighted by Crippen LogP contribution is -2.30. The number of hydrogen-bond acceptors (Lipinski definition) is 3. The number of aryl methyl sites for hydroxylation is 2. The quantitative estimate of drug-likeness (QED) is 0.897. The molecule has 5 nitrogen and oxygen atoms in total. The van der Waals surface area contributed by atoms with Crippen LogP contribution in [0, 0.1) is 25.2 Å². The molecule has 0 heterocycles. The SMILES string of the molecule is Cc1ccc(C)c(C(=O)N(C)CCC#N)c1C(=O)O. The molecule has 0 aliphatic rings. The second-order valence-corrected chi connectivity index (χ2v) is 4.39. The van der Waals surface area contributed by atoms with Gasteiger partial charge in [-0.15, -0.1) is 0 Å². The third kappa shape index (κ3) is 3.10. The van der Waals surface area contributed by atoms with Crippen molar-refractivity contribution in [3.05, 3.63) is 34.4 Å². The molecule has 0 atom stereocenters. The van der Waals surface area contributed by atoms with Crippen LogP contribution in [0.25, 0.3) is 0 Å². The number of amides is 1. The van der Waals surface area contributed by atoms with Crippen LogP contribution in [0.4, 0.5) is 0 Å². The first kappa shape index (κ1) is 14.7. The molecule has 19 heavy (non-hydrogen) atoms. The van der Waals surface area contributed by atoms with Gasteiger partial charge in [-0.05, 0) is 25.0 Å². The second-order valence-electron chi connectivity index (χ2n) is 4.39. The minimum atomic E-state index is -1.11. The summed E-state index contributed by atoms with van der Waals surface area (Å²) in [7, 11) is 1.56. The molecule has 0 radical (unpaired) electrons. The van der Waals surface area contributed by atoms with Crippen LogP contribution in [-0.4, -0.2) is 35.5 Å². The summed E-state index contributed by atoms with van der Waals surface area (Å²) in [5.74, 6) is -1.48. The molecule has 0 fully saturated rings. The van der Waals surface area contributed by atoms with E-state index in [1.807, 2.05) is 6.07 Å². The third-order valence-corrected chi connectivity index (χ3v) is 2.96. The van der Waals surface area contributed by atoms with Gasteiger partial charge < -0.3 is 10.0 Å². The number of nitriles is 1. The number of aromatic carboxylic acids is 1. The van der Waals surface area contributed by atoms with Crippen LogP contribution in [0.2, 0.25) is 0 Å². The number of benzene rings is 1. The van der Waals surface area contributed by atoms with Crippen LogP contribution in [0.5, 0.6) is 0 Å². The molecular formula is C14H16N2O3. The number of carbonyl (C=O) groups excluding carboxylic acids is 1. The summed E-state index contributed by atoms with van der Waals surface area (Å²) in [6, 6.07) is 5.37. The summed E-state index contributed by atoms with van der Waals surface area (Å²) >= 11 is 0. The van der Waals surface area contributed by atoms with Gasteiger partial charge in [0.25, 0.3) is 5.91 Å². The van der Waals surface area contributed by atoms with Crippen molar-refractivity contribution in [3.63, 3.8) is 0 Å². The van der Waals surface area contributed by atoms with E-state index in [1.54, 1.807) is 33.0 Å². The Morgan fingerprint density at radius 1 is 1.26 bits per heavy atom. The molecule has 0 aliphatic carbocycles. The highest BCUT2D eigenvalue weighted by molar-refractivity contribution is 6.06. The van der Waals surface area contributed by atoms with Gasteiger partial charge in [-0.3, -0.25) is 4.79 Å². The highest BCUT2D eigenvalue weighted by atomic mass is 16.4. The normalized spacial score (nSPS) is 9.79. The summed E-state index contributed by atoms with van der Waals surface area (Å²) < 4.78 is 0. The van der Waals surface area contributed by atoms with Crippen LogP contribution < -0.4 is 0 Å². The fourth-order valence-electron chi connectivity index (χ4n) is 1.87. The van der Waals surface area contributed by atoms with Crippen molar-refractivity contribution in [2.24, 2.45) is 0 Å². The number of carboxylic acid groups (broad SMARTS) is 1. The highest BCUT2D eigenvalue weighted by Crippen LogP contribution is 2.20. The maximum absolute atomic E-state index is 12.3. The van der Waals surface area contributed by atoms with E-state index >= 15 is 0 Å². The number of carbonyl (C=O) groups is 2. The molecule has 1 aromatic rings. The standard InChI is InChI=1S/C14H16N2O3/c1-9-5-6-10(2)12(14(18)19)11(9)13(17)16(3)8-4-7-15/h5-6H,4,8H2,1-3H3,(H,18,19). The Hall–Kier alpha value is -2.35. The maximum Gasteiger partial charge on any atom is 0.336 e. The minimum absolute atomic E-state index is 0.0359. The van der Waals surface area contributed by atoms with Gasteiger partial charge in [0, 0.05) is 13.6 Å². The van der Waals surface area contributed by atoms with E-state index in [-0.39, 0.29) is 30.0 Å². The zero-order valence-electron chi connectivity index (χ0n) is 11.2. The van der Waals surface area contributed by atoms with E-state index in [9.17, 15) is 14.7 Å². The molecule has 0 bridgehead atoms. The first-order valence-electron chi connectivity index (χ1n) is 5.86. The van der Waals surface area contributed by atoms with E-state index in [4.69, 9.17) is 5.26 Å². The van der Waals surface area contributed by atoms with Gasteiger partial charge in [-0.25, -0.2) is 4.79 Å². The predicted octanol–water partition coefficient (Wildman–Crippen LogP) is 1.99. The summed E-state index contributed by atoms with van der Waals surface area (Å²) in [6.07, 6.45) is 0.218. The van der Waals surface area contributed by atoms with Gasteiger partial charge in [-0.2, -0.15) is 5.26 Å². The Balaban J connectivity index is 3.26. The molecule has 0 unspecified atom stereocenters. The largest absolute Gasteiger partial charge is 0.478 e. The fourth-order valence-corrected chi connectivity index (χ4v) is 1.87. The number of rotatable bonds is 4. The Bertz CT molecular complexity index is 559. The number of hydrogen-bond donors (Lipinski definition) is 1. The van der Waals surface area contributed by atoms with E-state index in [1.165, 1.54) is 4.90 Å².